The molecule has 0 aliphatic heterocycles. The van der Waals surface area contributed by atoms with Gasteiger partial charge < -0.3 is 14.2 Å². The number of hydrogen-bond acceptors (Lipinski definition) is 5. The second-order valence-corrected chi connectivity index (χ2v) is 3.04. The Morgan fingerprint density at radius 3 is 2.50 bits per heavy atom. The molecule has 5 nitrogen and oxygen atoms in total. The van der Waals surface area contributed by atoms with Crippen LogP contribution in [0.1, 0.15) is 15.9 Å². The zero-order valence-electron chi connectivity index (χ0n) is 9.57. The van der Waals surface area contributed by atoms with Crippen molar-refractivity contribution in [1.82, 2.24) is 0 Å². The number of ether oxygens (including phenoxy) is 3. The van der Waals surface area contributed by atoms with E-state index in [1.165, 1.54) is 13.2 Å². The lowest BCUT2D eigenvalue weighted by molar-refractivity contribution is -0.0513. The highest BCUT2D eigenvalue weighted by atomic mass is 19.3. The molecule has 0 bridgehead atoms. The minimum atomic E-state index is -3.10. The van der Waals surface area contributed by atoms with Crippen LogP contribution >= 0.6 is 0 Å². The van der Waals surface area contributed by atoms with Crippen molar-refractivity contribution >= 4 is 5.97 Å². The van der Waals surface area contributed by atoms with Crippen LogP contribution in [0.15, 0.2) is 12.1 Å². The van der Waals surface area contributed by atoms with Crippen molar-refractivity contribution in [3.8, 4) is 17.6 Å². The molecule has 0 unspecified atom stereocenters. The molecule has 18 heavy (non-hydrogen) atoms. The molecule has 1 aromatic rings. The molecule has 1 aromatic carbocycles. The fraction of sp³-hybridized carbons (Fsp3) is 0.273. The van der Waals surface area contributed by atoms with E-state index in [1.54, 1.807) is 6.07 Å². The molecule has 1 rings (SSSR count). The van der Waals surface area contributed by atoms with E-state index >= 15 is 0 Å². The van der Waals surface area contributed by atoms with Crippen molar-refractivity contribution in [2.75, 3.05) is 14.2 Å². The van der Waals surface area contributed by atoms with Gasteiger partial charge in [-0.1, -0.05) is 0 Å². The quantitative estimate of drug-likeness (QED) is 0.771. The van der Waals surface area contributed by atoms with Gasteiger partial charge in [-0.3, -0.25) is 0 Å². The first kappa shape index (κ1) is 13.7. The summed E-state index contributed by atoms with van der Waals surface area (Å²) < 4.78 is 37.9. The Bertz CT molecular complexity index is 497. The van der Waals surface area contributed by atoms with Gasteiger partial charge in [0.2, 0.25) is 0 Å². The molecule has 0 fully saturated rings. The zero-order chi connectivity index (χ0) is 13.7. The Kier molecular flexibility index (Phi) is 4.43. The van der Waals surface area contributed by atoms with Gasteiger partial charge in [0.05, 0.1) is 25.3 Å². The Labute approximate surface area is 101 Å². The molecule has 0 N–H and O–H groups in total. The lowest BCUT2D eigenvalue weighted by Crippen LogP contribution is -2.08. The van der Waals surface area contributed by atoms with E-state index in [0.29, 0.717) is 0 Å². The van der Waals surface area contributed by atoms with E-state index in [1.807, 2.05) is 0 Å². The molecule has 0 radical (unpaired) electrons. The maximum Gasteiger partial charge on any atom is 0.387 e. The van der Waals surface area contributed by atoms with E-state index in [4.69, 9.17) is 10.00 Å². The fourth-order valence-electron chi connectivity index (χ4n) is 1.32. The smallest absolute Gasteiger partial charge is 0.387 e. The molecule has 0 aromatic heterocycles. The molecule has 0 saturated carbocycles. The number of carbonyl (C=O) groups excluding carboxylic acids is 1. The second-order valence-electron chi connectivity index (χ2n) is 3.04. The summed E-state index contributed by atoms with van der Waals surface area (Å²) >= 11 is 0. The van der Waals surface area contributed by atoms with Crippen molar-refractivity contribution < 1.29 is 27.8 Å². The predicted octanol–water partition coefficient (Wildman–Crippen LogP) is 1.95. The maximum atomic E-state index is 12.2. The summed E-state index contributed by atoms with van der Waals surface area (Å²) in [5.41, 5.74) is -0.179. The molecule has 0 saturated heterocycles. The number of halogens is 2. The third kappa shape index (κ3) is 2.85. The minimum Gasteiger partial charge on any atom is -0.492 e. The maximum absolute atomic E-state index is 12.2. The van der Waals surface area contributed by atoms with E-state index in [0.717, 1.165) is 13.2 Å². The second kappa shape index (κ2) is 5.82. The summed E-state index contributed by atoms with van der Waals surface area (Å²) in [6, 6.07) is 3.92. The fourth-order valence-corrected chi connectivity index (χ4v) is 1.32. The SMILES string of the molecule is COC(=O)c1cc(C#N)c(OC)c(OC(F)F)c1. The van der Waals surface area contributed by atoms with Gasteiger partial charge in [-0.15, -0.1) is 0 Å². The monoisotopic (exact) mass is 257 g/mol. The lowest BCUT2D eigenvalue weighted by Gasteiger charge is -2.12. The number of nitrogens with zero attached hydrogens (tertiary/aromatic N) is 1. The minimum absolute atomic E-state index is 0.0782. The molecule has 0 atom stereocenters. The van der Waals surface area contributed by atoms with Crippen molar-refractivity contribution in [2.24, 2.45) is 0 Å². The normalized spacial score (nSPS) is 9.78. The highest BCUT2D eigenvalue weighted by Crippen LogP contribution is 2.33. The van der Waals surface area contributed by atoms with E-state index in [-0.39, 0.29) is 16.9 Å². The topological polar surface area (TPSA) is 68.6 Å². The zero-order valence-corrected chi connectivity index (χ0v) is 9.57. The molecular weight excluding hydrogens is 248 g/mol. The van der Waals surface area contributed by atoms with Crippen molar-refractivity contribution in [2.45, 2.75) is 6.61 Å². The van der Waals surface area contributed by atoms with E-state index in [2.05, 4.69) is 9.47 Å². The van der Waals surface area contributed by atoms with E-state index in [9.17, 15) is 13.6 Å². The van der Waals surface area contributed by atoms with Gasteiger partial charge in [-0.2, -0.15) is 14.0 Å². The Morgan fingerprint density at radius 2 is 2.06 bits per heavy atom. The van der Waals surface area contributed by atoms with Crippen LogP contribution in [0.2, 0.25) is 0 Å². The first-order valence-corrected chi connectivity index (χ1v) is 4.68. The third-order valence-corrected chi connectivity index (χ3v) is 2.02. The van der Waals surface area contributed by atoms with Crippen LogP contribution in [0.3, 0.4) is 0 Å². The van der Waals surface area contributed by atoms with Gasteiger partial charge in [0, 0.05) is 0 Å². The lowest BCUT2D eigenvalue weighted by atomic mass is 10.1. The van der Waals surface area contributed by atoms with Crippen LogP contribution < -0.4 is 9.47 Å². The van der Waals surface area contributed by atoms with Crippen LogP contribution in [-0.4, -0.2) is 26.8 Å². The highest BCUT2D eigenvalue weighted by molar-refractivity contribution is 5.91. The van der Waals surface area contributed by atoms with Gasteiger partial charge >= 0.3 is 12.6 Å². The van der Waals surface area contributed by atoms with Gasteiger partial charge in [0.25, 0.3) is 0 Å². The van der Waals surface area contributed by atoms with Crippen molar-refractivity contribution in [3.63, 3.8) is 0 Å². The molecule has 0 heterocycles. The number of hydrogen-bond donors (Lipinski definition) is 0. The van der Waals surface area contributed by atoms with Crippen LogP contribution in [0, 0.1) is 11.3 Å². The molecule has 0 aliphatic rings. The van der Waals surface area contributed by atoms with E-state index < -0.39 is 18.3 Å². The standard InChI is InChI=1S/C11H9F2NO4/c1-16-9-7(5-14)3-6(10(15)17-2)4-8(9)18-11(12)13/h3-4,11H,1-2H3. The number of carbonyl (C=O) groups is 1. The molecule has 7 heteroatoms. The Hall–Kier alpha value is -2.36. The molecule has 0 aliphatic carbocycles. The van der Waals surface area contributed by atoms with Gasteiger partial charge in [0.1, 0.15) is 6.07 Å². The van der Waals surface area contributed by atoms with Crippen LogP contribution in [0.5, 0.6) is 11.5 Å². The number of alkyl halides is 2. The van der Waals surface area contributed by atoms with Gasteiger partial charge in [-0.05, 0) is 12.1 Å². The molecule has 0 spiro atoms. The van der Waals surface area contributed by atoms with Crippen molar-refractivity contribution in [3.05, 3.63) is 23.3 Å². The van der Waals surface area contributed by atoms with Crippen molar-refractivity contribution in [1.29, 1.82) is 5.26 Å². The first-order chi connectivity index (χ1) is 8.53. The summed E-state index contributed by atoms with van der Waals surface area (Å²) in [6.45, 7) is -3.10. The summed E-state index contributed by atoms with van der Waals surface area (Å²) in [5.74, 6) is -1.33. The average Bonchev–Trinajstić information content (AvgIpc) is 2.35. The summed E-state index contributed by atoms with van der Waals surface area (Å²) in [6.07, 6.45) is 0. The molecular formula is C11H9F2NO4. The van der Waals surface area contributed by atoms with Gasteiger partial charge in [-0.25, -0.2) is 4.79 Å². The highest BCUT2D eigenvalue weighted by Gasteiger charge is 2.19. The summed E-state index contributed by atoms with van der Waals surface area (Å²) in [4.78, 5) is 11.3. The van der Waals surface area contributed by atoms with Crippen LogP contribution in [0.4, 0.5) is 8.78 Å². The number of esters is 1. The molecule has 0 amide bonds. The van der Waals surface area contributed by atoms with Gasteiger partial charge in [0.15, 0.2) is 11.5 Å². The summed E-state index contributed by atoms with van der Waals surface area (Å²) in [5, 5.41) is 8.86. The van der Waals surface area contributed by atoms with Crippen LogP contribution in [0.25, 0.3) is 0 Å². The van der Waals surface area contributed by atoms with Crippen LogP contribution in [-0.2, 0) is 4.74 Å². The number of methoxy groups -OCH3 is 2. The first-order valence-electron chi connectivity index (χ1n) is 4.68. The number of nitriles is 1. The number of rotatable bonds is 4. The number of benzene rings is 1. The average molecular weight is 257 g/mol. The summed E-state index contributed by atoms with van der Waals surface area (Å²) in [7, 11) is 2.33. The Balaban J connectivity index is 3.36. The third-order valence-electron chi connectivity index (χ3n) is 2.02. The Morgan fingerprint density at radius 1 is 1.39 bits per heavy atom. The molecule has 96 valence electrons. The largest absolute Gasteiger partial charge is 0.492 e. The predicted molar refractivity (Wildman–Crippen MR) is 55.7 cm³/mol.